The number of fused-ring (bicyclic) bond motifs is 1. The molecule has 1 unspecified atom stereocenters. The number of nitrogens with zero attached hydrogens (tertiary/aromatic N) is 4. The molecule has 1 aliphatic heterocycles. The van der Waals surface area contributed by atoms with Crippen molar-refractivity contribution in [2.24, 2.45) is 0 Å². The highest BCUT2D eigenvalue weighted by Crippen LogP contribution is 2.17. The van der Waals surface area contributed by atoms with Gasteiger partial charge in [-0.2, -0.15) is 5.10 Å². The van der Waals surface area contributed by atoms with Crippen molar-refractivity contribution in [3.8, 4) is 0 Å². The summed E-state index contributed by atoms with van der Waals surface area (Å²) in [5.41, 5.74) is 2.14. The molecule has 0 radical (unpaired) electrons. The predicted molar refractivity (Wildman–Crippen MR) is 87.9 cm³/mol. The maximum atomic E-state index is 6.13. The number of furan rings is 1. The molecule has 0 aliphatic carbocycles. The Balaban J connectivity index is 1.46. The Hall–Kier alpha value is -2.44. The summed E-state index contributed by atoms with van der Waals surface area (Å²) in [4.78, 5) is 6.66. The highest BCUT2D eigenvalue weighted by atomic mass is 16.5. The smallest absolute Gasteiger partial charge is 0.117 e. The lowest BCUT2D eigenvalue weighted by Crippen LogP contribution is -2.32. The van der Waals surface area contributed by atoms with Crippen LogP contribution < -0.4 is 0 Å². The van der Waals surface area contributed by atoms with E-state index in [-0.39, 0.29) is 6.10 Å². The summed E-state index contributed by atoms with van der Waals surface area (Å²) in [5, 5.41) is 4.42. The minimum atomic E-state index is 0.0584. The Morgan fingerprint density at radius 2 is 2.12 bits per heavy atom. The lowest BCUT2D eigenvalue weighted by Gasteiger charge is -2.23. The minimum Gasteiger partial charge on any atom is -0.468 e. The molecule has 0 N–H and O–H groups in total. The van der Waals surface area contributed by atoms with Crippen LogP contribution in [-0.2, 0) is 31.0 Å². The lowest BCUT2D eigenvalue weighted by molar-refractivity contribution is 0.00476. The van der Waals surface area contributed by atoms with E-state index in [0.29, 0.717) is 6.61 Å². The Morgan fingerprint density at radius 1 is 1.12 bits per heavy atom. The Labute approximate surface area is 140 Å². The van der Waals surface area contributed by atoms with Gasteiger partial charge in [-0.25, -0.2) is 0 Å². The van der Waals surface area contributed by atoms with E-state index >= 15 is 0 Å². The molecule has 0 bridgehead atoms. The molecule has 1 atom stereocenters. The molecule has 0 aromatic carbocycles. The van der Waals surface area contributed by atoms with Crippen LogP contribution in [0, 0.1) is 0 Å². The van der Waals surface area contributed by atoms with Gasteiger partial charge in [-0.15, -0.1) is 0 Å². The molecular formula is C18H20N4O2. The molecule has 4 heterocycles. The summed E-state index contributed by atoms with van der Waals surface area (Å²) in [7, 11) is 0. The van der Waals surface area contributed by atoms with Gasteiger partial charge in [0, 0.05) is 25.5 Å². The van der Waals surface area contributed by atoms with Crippen LogP contribution in [0.5, 0.6) is 0 Å². The Morgan fingerprint density at radius 3 is 2.96 bits per heavy atom. The van der Waals surface area contributed by atoms with Gasteiger partial charge in [0.25, 0.3) is 0 Å². The molecule has 6 nitrogen and oxygen atoms in total. The molecule has 3 aromatic heterocycles. The number of hydrogen-bond donors (Lipinski definition) is 0. The highest BCUT2D eigenvalue weighted by molar-refractivity contribution is 5.05. The Kier molecular flexibility index (Phi) is 4.40. The minimum absolute atomic E-state index is 0.0584. The van der Waals surface area contributed by atoms with E-state index in [9.17, 15) is 0 Å². The fourth-order valence-electron chi connectivity index (χ4n) is 3.03. The van der Waals surface area contributed by atoms with Gasteiger partial charge in [0.2, 0.25) is 0 Å². The van der Waals surface area contributed by atoms with Crippen molar-refractivity contribution in [3.63, 3.8) is 0 Å². The number of hydrogen-bond acceptors (Lipinski definition) is 5. The lowest BCUT2D eigenvalue weighted by atomic mass is 10.3. The topological polar surface area (TPSA) is 56.3 Å². The van der Waals surface area contributed by atoms with E-state index in [2.05, 4.69) is 21.0 Å². The van der Waals surface area contributed by atoms with Crippen molar-refractivity contribution in [2.45, 2.75) is 32.3 Å². The molecule has 0 spiro atoms. The summed E-state index contributed by atoms with van der Waals surface area (Å²) in [6.07, 6.45) is 5.41. The van der Waals surface area contributed by atoms with Crippen LogP contribution in [0.3, 0.4) is 0 Å². The molecule has 6 heteroatoms. The van der Waals surface area contributed by atoms with Gasteiger partial charge in [0.15, 0.2) is 0 Å². The monoisotopic (exact) mass is 324 g/mol. The second-order valence-electron chi connectivity index (χ2n) is 6.01. The Bertz CT molecular complexity index is 754. The van der Waals surface area contributed by atoms with Gasteiger partial charge < -0.3 is 9.15 Å². The molecule has 0 saturated heterocycles. The molecule has 1 aliphatic rings. The fraction of sp³-hybridized carbons (Fsp3) is 0.333. The van der Waals surface area contributed by atoms with Gasteiger partial charge in [-0.3, -0.25) is 14.6 Å². The van der Waals surface area contributed by atoms with E-state index in [1.54, 1.807) is 12.5 Å². The van der Waals surface area contributed by atoms with Crippen molar-refractivity contribution in [3.05, 3.63) is 72.2 Å². The number of ether oxygens (including phenoxy) is 1. The van der Waals surface area contributed by atoms with Crippen molar-refractivity contribution in [1.82, 2.24) is 19.7 Å². The zero-order valence-corrected chi connectivity index (χ0v) is 13.4. The molecule has 124 valence electrons. The molecular weight excluding hydrogens is 304 g/mol. The van der Waals surface area contributed by atoms with E-state index in [1.807, 2.05) is 41.2 Å². The third-order valence-electron chi connectivity index (χ3n) is 4.18. The average Bonchev–Trinajstić information content (AvgIpc) is 3.23. The van der Waals surface area contributed by atoms with Crippen molar-refractivity contribution >= 4 is 0 Å². The summed E-state index contributed by atoms with van der Waals surface area (Å²) >= 11 is 0. The maximum absolute atomic E-state index is 6.13. The first kappa shape index (κ1) is 15.1. The number of aromatic nitrogens is 3. The summed E-state index contributed by atoms with van der Waals surface area (Å²) < 4.78 is 13.7. The fourth-order valence-corrected chi connectivity index (χ4v) is 3.03. The summed E-state index contributed by atoms with van der Waals surface area (Å²) in [5.74, 6) is 0.964. The quantitative estimate of drug-likeness (QED) is 0.722. The first-order chi connectivity index (χ1) is 11.9. The summed E-state index contributed by atoms with van der Waals surface area (Å²) in [6.45, 7) is 3.70. The van der Waals surface area contributed by atoms with E-state index in [0.717, 1.165) is 37.6 Å². The standard InChI is InChI=1S/C18H20N4O2/c1-2-7-19-15(4-1)14-24-18-12-21(11-17-5-3-9-23-17)10-16-6-8-20-22(16)13-18/h1-9,18H,10-14H2. The van der Waals surface area contributed by atoms with Crippen LogP contribution in [0.15, 0.2) is 59.5 Å². The molecule has 3 aromatic rings. The molecule has 24 heavy (non-hydrogen) atoms. The largest absolute Gasteiger partial charge is 0.468 e. The second-order valence-corrected chi connectivity index (χ2v) is 6.01. The summed E-state index contributed by atoms with van der Waals surface area (Å²) in [6, 6.07) is 11.9. The van der Waals surface area contributed by atoms with E-state index in [4.69, 9.17) is 9.15 Å². The zero-order valence-electron chi connectivity index (χ0n) is 13.4. The van der Waals surface area contributed by atoms with Crippen molar-refractivity contribution < 1.29 is 9.15 Å². The van der Waals surface area contributed by atoms with Crippen LogP contribution in [0.25, 0.3) is 0 Å². The molecule has 4 rings (SSSR count). The van der Waals surface area contributed by atoms with Crippen LogP contribution in [0.4, 0.5) is 0 Å². The van der Waals surface area contributed by atoms with Gasteiger partial charge in [-0.1, -0.05) is 6.07 Å². The maximum Gasteiger partial charge on any atom is 0.117 e. The van der Waals surface area contributed by atoms with Crippen LogP contribution >= 0.6 is 0 Å². The third kappa shape index (κ3) is 3.55. The van der Waals surface area contributed by atoms with Gasteiger partial charge >= 0.3 is 0 Å². The first-order valence-electron chi connectivity index (χ1n) is 8.14. The second kappa shape index (κ2) is 6.98. The zero-order chi connectivity index (χ0) is 16.2. The first-order valence-corrected chi connectivity index (χ1v) is 8.14. The third-order valence-corrected chi connectivity index (χ3v) is 4.18. The van der Waals surface area contributed by atoms with Gasteiger partial charge in [0.1, 0.15) is 5.76 Å². The van der Waals surface area contributed by atoms with Crippen LogP contribution in [0.2, 0.25) is 0 Å². The predicted octanol–water partition coefficient (Wildman–Crippen LogP) is 2.47. The van der Waals surface area contributed by atoms with Crippen LogP contribution in [0.1, 0.15) is 17.1 Å². The molecule has 0 amide bonds. The average molecular weight is 324 g/mol. The number of pyridine rings is 1. The van der Waals surface area contributed by atoms with Crippen molar-refractivity contribution in [2.75, 3.05) is 6.54 Å². The number of rotatable bonds is 5. The van der Waals surface area contributed by atoms with Gasteiger partial charge in [0.05, 0.1) is 43.5 Å². The van der Waals surface area contributed by atoms with Crippen LogP contribution in [-0.4, -0.2) is 32.3 Å². The normalized spacial score (nSPS) is 18.2. The van der Waals surface area contributed by atoms with Gasteiger partial charge in [-0.05, 0) is 30.3 Å². The molecule has 0 fully saturated rings. The highest BCUT2D eigenvalue weighted by Gasteiger charge is 2.23. The van der Waals surface area contributed by atoms with E-state index in [1.165, 1.54) is 5.69 Å². The molecule has 0 saturated carbocycles. The van der Waals surface area contributed by atoms with E-state index < -0.39 is 0 Å². The van der Waals surface area contributed by atoms with Crippen molar-refractivity contribution in [1.29, 1.82) is 0 Å². The SMILES string of the molecule is c1ccc(COC2CN(Cc3ccco3)Cc3ccnn3C2)nc1.